The molecule has 1 atom stereocenters. The van der Waals surface area contributed by atoms with Crippen LogP contribution in [-0.4, -0.2) is 38.0 Å². The highest BCUT2D eigenvalue weighted by atomic mass is 16.2. The van der Waals surface area contributed by atoms with Crippen LogP contribution in [0.5, 0.6) is 0 Å². The predicted molar refractivity (Wildman–Crippen MR) is 69.1 cm³/mol. The highest BCUT2D eigenvalue weighted by molar-refractivity contribution is 5.75. The van der Waals surface area contributed by atoms with Crippen molar-refractivity contribution < 1.29 is 4.79 Å². The molecule has 0 radical (unpaired) electrons. The van der Waals surface area contributed by atoms with Crippen LogP contribution in [-0.2, 0) is 11.2 Å². The van der Waals surface area contributed by atoms with E-state index in [9.17, 15) is 4.79 Å². The molecule has 3 nitrogen and oxygen atoms in total. The van der Waals surface area contributed by atoms with Crippen molar-refractivity contribution >= 4 is 5.91 Å². The number of nitrogens with zero attached hydrogens (tertiary/aromatic N) is 1. The van der Waals surface area contributed by atoms with E-state index < -0.39 is 0 Å². The molecule has 1 amide bonds. The van der Waals surface area contributed by atoms with Gasteiger partial charge in [-0.3, -0.25) is 4.79 Å². The van der Waals surface area contributed by atoms with E-state index >= 15 is 0 Å². The maximum absolute atomic E-state index is 11.4. The van der Waals surface area contributed by atoms with Crippen LogP contribution in [0.2, 0.25) is 0 Å². The second-order valence-corrected chi connectivity index (χ2v) is 4.84. The summed E-state index contributed by atoms with van der Waals surface area (Å²) in [4.78, 5) is 13.0. The molecule has 0 fully saturated rings. The Morgan fingerprint density at radius 2 is 2.18 bits per heavy atom. The molecule has 0 bridgehead atoms. The normalized spacial score (nSPS) is 17.2. The SMILES string of the molecule is CN(C)C(=O)CCNCC1Cc2ccccc21. The summed E-state index contributed by atoms with van der Waals surface area (Å²) in [5, 5.41) is 3.37. The van der Waals surface area contributed by atoms with E-state index in [1.165, 1.54) is 17.5 Å². The van der Waals surface area contributed by atoms with Gasteiger partial charge >= 0.3 is 0 Å². The van der Waals surface area contributed by atoms with Crippen LogP contribution < -0.4 is 5.32 Å². The summed E-state index contributed by atoms with van der Waals surface area (Å²) in [6.07, 6.45) is 1.76. The molecule has 1 unspecified atom stereocenters. The van der Waals surface area contributed by atoms with Crippen molar-refractivity contribution in [2.75, 3.05) is 27.2 Å². The first-order valence-corrected chi connectivity index (χ1v) is 6.17. The van der Waals surface area contributed by atoms with E-state index in [1.54, 1.807) is 19.0 Å². The van der Waals surface area contributed by atoms with E-state index in [0.717, 1.165) is 13.1 Å². The first-order chi connectivity index (χ1) is 8.18. The second-order valence-electron chi connectivity index (χ2n) is 4.84. The Morgan fingerprint density at radius 3 is 2.88 bits per heavy atom. The highest BCUT2D eigenvalue weighted by Gasteiger charge is 2.24. The number of carbonyl (C=O) groups is 1. The lowest BCUT2D eigenvalue weighted by Crippen LogP contribution is -2.32. The Morgan fingerprint density at radius 1 is 1.41 bits per heavy atom. The number of hydrogen-bond donors (Lipinski definition) is 1. The van der Waals surface area contributed by atoms with Gasteiger partial charge in [0.15, 0.2) is 0 Å². The van der Waals surface area contributed by atoms with Gasteiger partial charge in [0, 0.05) is 39.5 Å². The standard InChI is InChI=1S/C14H20N2O/c1-16(2)14(17)7-8-15-10-12-9-11-5-3-4-6-13(11)12/h3-6,12,15H,7-10H2,1-2H3. The average molecular weight is 232 g/mol. The fourth-order valence-electron chi connectivity index (χ4n) is 2.24. The summed E-state index contributed by atoms with van der Waals surface area (Å²) in [5.74, 6) is 0.826. The van der Waals surface area contributed by atoms with Crippen LogP contribution >= 0.6 is 0 Å². The third-order valence-electron chi connectivity index (χ3n) is 3.37. The fourth-order valence-corrected chi connectivity index (χ4v) is 2.24. The topological polar surface area (TPSA) is 32.3 Å². The molecular formula is C14H20N2O. The van der Waals surface area contributed by atoms with Gasteiger partial charge in [-0.15, -0.1) is 0 Å². The molecular weight excluding hydrogens is 212 g/mol. The molecule has 0 aromatic heterocycles. The maximum Gasteiger partial charge on any atom is 0.223 e. The highest BCUT2D eigenvalue weighted by Crippen LogP contribution is 2.33. The van der Waals surface area contributed by atoms with Gasteiger partial charge in [0.25, 0.3) is 0 Å². The summed E-state index contributed by atoms with van der Waals surface area (Å²) in [6.45, 7) is 1.76. The van der Waals surface area contributed by atoms with E-state index in [4.69, 9.17) is 0 Å². The van der Waals surface area contributed by atoms with Crippen molar-refractivity contribution in [1.29, 1.82) is 0 Å². The van der Waals surface area contributed by atoms with Crippen molar-refractivity contribution in [2.45, 2.75) is 18.8 Å². The number of rotatable bonds is 5. The largest absolute Gasteiger partial charge is 0.349 e. The van der Waals surface area contributed by atoms with Gasteiger partial charge in [-0.2, -0.15) is 0 Å². The molecule has 0 spiro atoms. The summed E-state index contributed by atoms with van der Waals surface area (Å²) < 4.78 is 0. The first kappa shape index (κ1) is 12.1. The van der Waals surface area contributed by atoms with E-state index in [0.29, 0.717) is 12.3 Å². The quantitative estimate of drug-likeness (QED) is 0.778. The van der Waals surface area contributed by atoms with Crippen molar-refractivity contribution in [3.05, 3.63) is 35.4 Å². The van der Waals surface area contributed by atoms with E-state index in [-0.39, 0.29) is 5.91 Å². The third kappa shape index (κ3) is 2.86. The zero-order valence-corrected chi connectivity index (χ0v) is 10.6. The number of fused-ring (bicyclic) bond motifs is 1. The predicted octanol–water partition coefficient (Wildman–Crippen LogP) is 1.39. The number of benzene rings is 1. The summed E-state index contributed by atoms with van der Waals surface area (Å²) in [5.41, 5.74) is 2.95. The summed E-state index contributed by atoms with van der Waals surface area (Å²) in [6, 6.07) is 8.59. The molecule has 1 N–H and O–H groups in total. The van der Waals surface area contributed by atoms with Crippen LogP contribution in [0.3, 0.4) is 0 Å². The van der Waals surface area contributed by atoms with Crippen molar-refractivity contribution in [1.82, 2.24) is 10.2 Å². The molecule has 1 aromatic rings. The Balaban J connectivity index is 1.67. The average Bonchev–Trinajstić information content (AvgIpc) is 2.29. The molecule has 2 rings (SSSR count). The fraction of sp³-hybridized carbons (Fsp3) is 0.500. The van der Waals surface area contributed by atoms with Crippen molar-refractivity contribution in [2.24, 2.45) is 0 Å². The van der Waals surface area contributed by atoms with Gasteiger partial charge < -0.3 is 10.2 Å². The molecule has 0 aliphatic heterocycles. The minimum absolute atomic E-state index is 0.187. The molecule has 17 heavy (non-hydrogen) atoms. The molecule has 0 heterocycles. The van der Waals surface area contributed by atoms with Gasteiger partial charge in [-0.25, -0.2) is 0 Å². The molecule has 3 heteroatoms. The first-order valence-electron chi connectivity index (χ1n) is 6.17. The molecule has 1 aliphatic carbocycles. The number of amides is 1. The number of nitrogens with one attached hydrogen (secondary N) is 1. The Bertz CT molecular complexity index is 401. The smallest absolute Gasteiger partial charge is 0.223 e. The summed E-state index contributed by atoms with van der Waals surface area (Å²) in [7, 11) is 3.59. The summed E-state index contributed by atoms with van der Waals surface area (Å²) >= 11 is 0. The Kier molecular flexibility index (Phi) is 3.79. The maximum atomic E-state index is 11.4. The van der Waals surface area contributed by atoms with Gasteiger partial charge in [0.05, 0.1) is 0 Å². The lowest BCUT2D eigenvalue weighted by molar-refractivity contribution is -0.128. The van der Waals surface area contributed by atoms with Gasteiger partial charge in [0.1, 0.15) is 0 Å². The van der Waals surface area contributed by atoms with Gasteiger partial charge in [-0.05, 0) is 17.5 Å². The van der Waals surface area contributed by atoms with Crippen LogP contribution in [0, 0.1) is 0 Å². The lowest BCUT2D eigenvalue weighted by Gasteiger charge is -2.30. The zero-order valence-electron chi connectivity index (χ0n) is 10.6. The zero-order chi connectivity index (χ0) is 12.3. The molecule has 0 saturated carbocycles. The second kappa shape index (κ2) is 5.32. The molecule has 1 aliphatic rings. The van der Waals surface area contributed by atoms with Crippen LogP contribution in [0.1, 0.15) is 23.5 Å². The molecule has 1 aromatic carbocycles. The van der Waals surface area contributed by atoms with Crippen LogP contribution in [0.25, 0.3) is 0 Å². The molecule has 0 saturated heterocycles. The van der Waals surface area contributed by atoms with Gasteiger partial charge in [0.2, 0.25) is 5.91 Å². The van der Waals surface area contributed by atoms with Crippen molar-refractivity contribution in [3.63, 3.8) is 0 Å². The molecule has 92 valence electrons. The van der Waals surface area contributed by atoms with E-state index in [2.05, 4.69) is 29.6 Å². The minimum atomic E-state index is 0.187. The number of hydrogen-bond acceptors (Lipinski definition) is 2. The Labute approximate surface area is 103 Å². The minimum Gasteiger partial charge on any atom is -0.349 e. The lowest BCUT2D eigenvalue weighted by atomic mass is 9.77. The van der Waals surface area contributed by atoms with Crippen LogP contribution in [0.15, 0.2) is 24.3 Å². The Hall–Kier alpha value is -1.35. The van der Waals surface area contributed by atoms with Crippen molar-refractivity contribution in [3.8, 4) is 0 Å². The monoisotopic (exact) mass is 232 g/mol. The van der Waals surface area contributed by atoms with Crippen LogP contribution in [0.4, 0.5) is 0 Å². The van der Waals surface area contributed by atoms with Gasteiger partial charge in [-0.1, -0.05) is 24.3 Å². The number of carbonyl (C=O) groups excluding carboxylic acids is 1. The van der Waals surface area contributed by atoms with E-state index in [1.807, 2.05) is 0 Å². The third-order valence-corrected chi connectivity index (χ3v) is 3.37.